The van der Waals surface area contributed by atoms with Gasteiger partial charge in [0.05, 0.1) is 12.1 Å². The van der Waals surface area contributed by atoms with Crippen LogP contribution in [0.3, 0.4) is 0 Å². The van der Waals surface area contributed by atoms with E-state index in [1.165, 1.54) is 4.40 Å². The molecule has 0 bridgehead atoms. The van der Waals surface area contributed by atoms with Crippen LogP contribution < -0.4 is 10.5 Å². The summed E-state index contributed by atoms with van der Waals surface area (Å²) in [7, 11) is -4.02. The van der Waals surface area contributed by atoms with E-state index >= 15 is 0 Å². The Morgan fingerprint density at radius 1 is 1.52 bits per heavy atom. The largest absolute Gasteiger partial charge is 0.381 e. The van der Waals surface area contributed by atoms with Gasteiger partial charge >= 0.3 is 0 Å². The lowest BCUT2D eigenvalue weighted by Gasteiger charge is -2.21. The number of sulfonamides is 1. The van der Waals surface area contributed by atoms with E-state index in [-0.39, 0.29) is 21.8 Å². The lowest BCUT2D eigenvalue weighted by atomic mass is 9.90. The van der Waals surface area contributed by atoms with Crippen molar-refractivity contribution in [2.45, 2.75) is 18.4 Å². The molecule has 3 N–H and O–H groups in total. The second-order valence-corrected chi connectivity index (χ2v) is 7.51. The second kappa shape index (κ2) is 5.59. The Balaban J connectivity index is 1.92. The lowest BCUT2D eigenvalue weighted by molar-refractivity contribution is 0.0913. The van der Waals surface area contributed by atoms with E-state index in [1.807, 2.05) is 6.92 Å². The molecule has 3 rings (SSSR count). The van der Waals surface area contributed by atoms with Crippen molar-refractivity contribution in [2.75, 3.05) is 19.8 Å². The number of nitrogens with zero attached hydrogens (tertiary/aromatic N) is 2. The SMILES string of the molecule is CC1(CNC(=O)c2nc(S(N)(=O)=O)c3ccccn23)CCOC1. The maximum atomic E-state index is 12.4. The summed E-state index contributed by atoms with van der Waals surface area (Å²) in [5.74, 6) is -0.457. The molecule has 1 saturated heterocycles. The third-order valence-electron chi connectivity index (χ3n) is 3.96. The monoisotopic (exact) mass is 338 g/mol. The molecule has 1 amide bonds. The first-order chi connectivity index (χ1) is 10.8. The molecule has 23 heavy (non-hydrogen) atoms. The van der Waals surface area contributed by atoms with Crippen LogP contribution in [-0.4, -0.2) is 43.5 Å². The van der Waals surface area contributed by atoms with Gasteiger partial charge in [-0.15, -0.1) is 0 Å². The highest BCUT2D eigenvalue weighted by Crippen LogP contribution is 2.26. The topological polar surface area (TPSA) is 116 Å². The zero-order chi connectivity index (χ0) is 16.7. The van der Waals surface area contributed by atoms with Crippen molar-refractivity contribution >= 4 is 21.4 Å². The molecule has 0 aromatic carbocycles. The van der Waals surface area contributed by atoms with E-state index < -0.39 is 15.9 Å². The first-order valence-corrected chi connectivity index (χ1v) is 8.71. The third kappa shape index (κ3) is 3.07. The molecule has 9 heteroatoms. The van der Waals surface area contributed by atoms with Crippen LogP contribution in [0.15, 0.2) is 29.4 Å². The number of fused-ring (bicyclic) bond motifs is 1. The van der Waals surface area contributed by atoms with Crippen LogP contribution in [-0.2, 0) is 14.8 Å². The minimum absolute atomic E-state index is 0.00728. The van der Waals surface area contributed by atoms with Crippen molar-refractivity contribution in [2.24, 2.45) is 10.6 Å². The summed E-state index contributed by atoms with van der Waals surface area (Å²) >= 11 is 0. The molecule has 1 aliphatic rings. The molecule has 124 valence electrons. The zero-order valence-electron chi connectivity index (χ0n) is 12.7. The van der Waals surface area contributed by atoms with E-state index in [2.05, 4.69) is 10.3 Å². The third-order valence-corrected chi connectivity index (χ3v) is 4.80. The Morgan fingerprint density at radius 3 is 2.96 bits per heavy atom. The second-order valence-electron chi connectivity index (χ2n) is 6.04. The number of hydrogen-bond donors (Lipinski definition) is 2. The maximum Gasteiger partial charge on any atom is 0.287 e. The van der Waals surface area contributed by atoms with E-state index in [9.17, 15) is 13.2 Å². The smallest absolute Gasteiger partial charge is 0.287 e. The molecule has 1 atom stereocenters. The van der Waals surface area contributed by atoms with Gasteiger partial charge in [0.25, 0.3) is 15.9 Å². The minimum Gasteiger partial charge on any atom is -0.381 e. The highest BCUT2D eigenvalue weighted by Gasteiger charge is 2.31. The van der Waals surface area contributed by atoms with Crippen molar-refractivity contribution in [1.29, 1.82) is 0 Å². The number of carbonyl (C=O) groups is 1. The van der Waals surface area contributed by atoms with E-state index in [0.29, 0.717) is 19.8 Å². The summed E-state index contributed by atoms with van der Waals surface area (Å²) in [5.41, 5.74) is 0.154. The Labute approximate surface area is 133 Å². The molecule has 0 radical (unpaired) electrons. The summed E-state index contributed by atoms with van der Waals surface area (Å²) in [6.45, 7) is 3.71. The van der Waals surface area contributed by atoms with Crippen molar-refractivity contribution in [3.8, 4) is 0 Å². The fraction of sp³-hybridized carbons (Fsp3) is 0.429. The number of rotatable bonds is 4. The van der Waals surface area contributed by atoms with Gasteiger partial charge in [-0.25, -0.2) is 18.5 Å². The molecule has 1 fully saturated rings. The number of hydrogen-bond acceptors (Lipinski definition) is 5. The number of ether oxygens (including phenoxy) is 1. The summed E-state index contributed by atoms with van der Waals surface area (Å²) in [5, 5.41) is 7.67. The fourth-order valence-electron chi connectivity index (χ4n) is 2.60. The van der Waals surface area contributed by atoms with Gasteiger partial charge in [-0.2, -0.15) is 0 Å². The zero-order valence-corrected chi connectivity index (χ0v) is 13.5. The number of nitrogens with one attached hydrogen (secondary N) is 1. The van der Waals surface area contributed by atoms with Crippen LogP contribution >= 0.6 is 0 Å². The van der Waals surface area contributed by atoms with Gasteiger partial charge in [-0.3, -0.25) is 9.20 Å². The van der Waals surface area contributed by atoms with Crippen LogP contribution in [0.4, 0.5) is 0 Å². The standard InChI is InChI=1S/C14H18N4O4S/c1-14(5-7-22-9-14)8-16-12(19)11-17-13(23(15,20)21)10-4-2-3-6-18(10)11/h2-4,6H,5,7-9H2,1H3,(H,16,19)(H2,15,20,21). The van der Waals surface area contributed by atoms with Crippen LogP contribution in [0.1, 0.15) is 24.0 Å². The Kier molecular flexibility index (Phi) is 3.86. The predicted molar refractivity (Wildman–Crippen MR) is 82.4 cm³/mol. The van der Waals surface area contributed by atoms with Gasteiger partial charge in [0, 0.05) is 24.8 Å². The molecule has 3 heterocycles. The predicted octanol–water partition coefficient (Wildman–Crippen LogP) is 0.138. The Hall–Kier alpha value is -1.97. The summed E-state index contributed by atoms with van der Waals surface area (Å²) in [6.07, 6.45) is 2.43. The van der Waals surface area contributed by atoms with Crippen LogP contribution in [0.5, 0.6) is 0 Å². The molecule has 8 nitrogen and oxygen atoms in total. The van der Waals surface area contributed by atoms with Crippen molar-refractivity contribution in [3.63, 3.8) is 0 Å². The molecular weight excluding hydrogens is 320 g/mol. The highest BCUT2D eigenvalue weighted by atomic mass is 32.2. The highest BCUT2D eigenvalue weighted by molar-refractivity contribution is 7.89. The van der Waals surface area contributed by atoms with Gasteiger partial charge in [0.15, 0.2) is 5.03 Å². The van der Waals surface area contributed by atoms with Gasteiger partial charge in [0.2, 0.25) is 5.82 Å². The number of pyridine rings is 1. The average molecular weight is 338 g/mol. The van der Waals surface area contributed by atoms with Crippen molar-refractivity contribution < 1.29 is 17.9 Å². The number of carbonyl (C=O) groups excluding carboxylic acids is 1. The van der Waals surface area contributed by atoms with Crippen LogP contribution in [0, 0.1) is 5.41 Å². The molecule has 2 aromatic heterocycles. The molecule has 1 unspecified atom stereocenters. The number of nitrogens with two attached hydrogens (primary N) is 1. The average Bonchev–Trinajstić information content (AvgIpc) is 3.09. The first-order valence-electron chi connectivity index (χ1n) is 7.16. The van der Waals surface area contributed by atoms with E-state index in [0.717, 1.165) is 6.42 Å². The number of primary sulfonamides is 1. The number of aromatic nitrogens is 2. The van der Waals surface area contributed by atoms with Gasteiger partial charge < -0.3 is 10.1 Å². The minimum atomic E-state index is -4.02. The molecular formula is C14H18N4O4S. The molecule has 0 saturated carbocycles. The summed E-state index contributed by atoms with van der Waals surface area (Å²) < 4.78 is 30.1. The Morgan fingerprint density at radius 2 is 2.30 bits per heavy atom. The first kappa shape index (κ1) is 15.9. The number of amides is 1. The van der Waals surface area contributed by atoms with E-state index in [1.54, 1.807) is 24.4 Å². The van der Waals surface area contributed by atoms with Crippen molar-refractivity contribution in [1.82, 2.24) is 14.7 Å². The van der Waals surface area contributed by atoms with Gasteiger partial charge in [-0.1, -0.05) is 13.0 Å². The molecule has 1 aliphatic heterocycles. The number of imidazole rings is 1. The molecule has 0 spiro atoms. The normalized spacial score (nSPS) is 21.7. The summed E-state index contributed by atoms with van der Waals surface area (Å²) in [4.78, 5) is 16.4. The molecule has 2 aromatic rings. The quantitative estimate of drug-likeness (QED) is 0.822. The van der Waals surface area contributed by atoms with Gasteiger partial charge in [-0.05, 0) is 18.6 Å². The van der Waals surface area contributed by atoms with Crippen LogP contribution in [0.2, 0.25) is 0 Å². The van der Waals surface area contributed by atoms with Crippen LogP contribution in [0.25, 0.3) is 5.52 Å². The molecule has 0 aliphatic carbocycles. The summed E-state index contributed by atoms with van der Waals surface area (Å²) in [6, 6.07) is 4.89. The van der Waals surface area contributed by atoms with E-state index in [4.69, 9.17) is 9.88 Å². The van der Waals surface area contributed by atoms with Crippen molar-refractivity contribution in [3.05, 3.63) is 30.2 Å². The Bertz CT molecular complexity index is 853. The maximum absolute atomic E-state index is 12.4. The lowest BCUT2D eigenvalue weighted by Crippen LogP contribution is -2.36. The fourth-order valence-corrected chi connectivity index (χ4v) is 3.27. The van der Waals surface area contributed by atoms with Gasteiger partial charge in [0.1, 0.15) is 0 Å².